The molecule has 0 radical (unpaired) electrons. The van der Waals surface area contributed by atoms with Crippen molar-refractivity contribution in [2.75, 3.05) is 13.1 Å². The number of aromatic nitrogens is 1. The lowest BCUT2D eigenvalue weighted by Gasteiger charge is -2.38. The van der Waals surface area contributed by atoms with E-state index in [2.05, 4.69) is 35.0 Å². The zero-order valence-electron chi connectivity index (χ0n) is 13.4. The number of rotatable bonds is 4. The molecule has 0 saturated carbocycles. The summed E-state index contributed by atoms with van der Waals surface area (Å²) in [6.45, 7) is 3.61. The van der Waals surface area contributed by atoms with Gasteiger partial charge in [-0.25, -0.2) is 0 Å². The third-order valence-corrected chi connectivity index (χ3v) is 4.65. The van der Waals surface area contributed by atoms with Gasteiger partial charge in [-0.2, -0.15) is 0 Å². The van der Waals surface area contributed by atoms with Crippen molar-refractivity contribution >= 4 is 5.97 Å². The molecular formula is C19H22N2O2. The SMILES string of the molecule is Cc1ccccc1C(c1cccnc1)N1CCCC(C(=O)O)C1. The summed E-state index contributed by atoms with van der Waals surface area (Å²) in [5, 5.41) is 9.39. The highest BCUT2D eigenvalue weighted by molar-refractivity contribution is 5.70. The molecule has 2 atom stereocenters. The molecule has 1 saturated heterocycles. The Labute approximate surface area is 136 Å². The average Bonchev–Trinajstić information content (AvgIpc) is 2.58. The number of carboxylic acid groups (broad SMARTS) is 1. The van der Waals surface area contributed by atoms with Gasteiger partial charge in [-0.3, -0.25) is 14.7 Å². The Morgan fingerprint density at radius 1 is 1.30 bits per heavy atom. The lowest BCUT2D eigenvalue weighted by atomic mass is 9.90. The number of pyridine rings is 1. The zero-order valence-corrected chi connectivity index (χ0v) is 13.4. The second-order valence-electron chi connectivity index (χ2n) is 6.22. The van der Waals surface area contributed by atoms with Crippen LogP contribution in [0.3, 0.4) is 0 Å². The van der Waals surface area contributed by atoms with E-state index in [-0.39, 0.29) is 12.0 Å². The molecular weight excluding hydrogens is 288 g/mol. The molecule has 3 rings (SSSR count). The van der Waals surface area contributed by atoms with Gasteiger partial charge in [-0.05, 0) is 49.1 Å². The normalized spacial score (nSPS) is 20.1. The molecule has 120 valence electrons. The summed E-state index contributed by atoms with van der Waals surface area (Å²) in [5.74, 6) is -0.976. The van der Waals surface area contributed by atoms with Gasteiger partial charge < -0.3 is 5.11 Å². The minimum absolute atomic E-state index is 0.0621. The van der Waals surface area contributed by atoms with Crippen LogP contribution in [0.5, 0.6) is 0 Å². The van der Waals surface area contributed by atoms with E-state index >= 15 is 0 Å². The molecule has 1 aliphatic heterocycles. The highest BCUT2D eigenvalue weighted by atomic mass is 16.4. The summed E-state index contributed by atoms with van der Waals surface area (Å²) in [5.41, 5.74) is 3.57. The van der Waals surface area contributed by atoms with Crippen molar-refractivity contribution in [3.63, 3.8) is 0 Å². The highest BCUT2D eigenvalue weighted by Crippen LogP contribution is 2.33. The molecule has 2 aromatic rings. The molecule has 2 unspecified atom stereocenters. The molecule has 23 heavy (non-hydrogen) atoms. The molecule has 0 amide bonds. The number of piperidine rings is 1. The van der Waals surface area contributed by atoms with E-state index in [1.165, 1.54) is 11.1 Å². The first-order valence-corrected chi connectivity index (χ1v) is 8.09. The van der Waals surface area contributed by atoms with E-state index in [9.17, 15) is 9.90 Å². The Balaban J connectivity index is 1.99. The van der Waals surface area contributed by atoms with Gasteiger partial charge in [-0.1, -0.05) is 30.3 Å². The maximum absolute atomic E-state index is 11.4. The molecule has 1 N–H and O–H groups in total. The van der Waals surface area contributed by atoms with Crippen molar-refractivity contribution in [1.82, 2.24) is 9.88 Å². The van der Waals surface area contributed by atoms with Crippen LogP contribution in [0.4, 0.5) is 0 Å². The molecule has 1 fully saturated rings. The summed E-state index contributed by atoms with van der Waals surface area (Å²) in [6.07, 6.45) is 5.34. The Bertz CT molecular complexity index is 672. The molecule has 0 bridgehead atoms. The van der Waals surface area contributed by atoms with Crippen LogP contribution >= 0.6 is 0 Å². The van der Waals surface area contributed by atoms with Gasteiger partial charge in [0.1, 0.15) is 0 Å². The fraction of sp³-hybridized carbons (Fsp3) is 0.368. The van der Waals surface area contributed by atoms with Crippen molar-refractivity contribution < 1.29 is 9.90 Å². The zero-order chi connectivity index (χ0) is 16.2. The first kappa shape index (κ1) is 15.7. The van der Waals surface area contributed by atoms with Gasteiger partial charge >= 0.3 is 5.97 Å². The van der Waals surface area contributed by atoms with E-state index in [0.717, 1.165) is 24.9 Å². The van der Waals surface area contributed by atoms with Crippen LogP contribution in [0.1, 0.15) is 35.6 Å². The molecule has 1 aliphatic rings. The van der Waals surface area contributed by atoms with Crippen LogP contribution in [-0.4, -0.2) is 34.0 Å². The number of hydrogen-bond acceptors (Lipinski definition) is 3. The highest BCUT2D eigenvalue weighted by Gasteiger charge is 2.31. The van der Waals surface area contributed by atoms with Crippen LogP contribution in [0.25, 0.3) is 0 Å². The predicted octanol–water partition coefficient (Wildman–Crippen LogP) is 3.28. The number of nitrogens with zero attached hydrogens (tertiary/aromatic N) is 2. The standard InChI is InChI=1S/C19H22N2O2/c1-14-6-2-3-9-17(14)18(15-7-4-10-20-12-15)21-11-5-8-16(13-21)19(22)23/h2-4,6-7,9-10,12,16,18H,5,8,11,13H2,1H3,(H,22,23). The number of carbonyl (C=O) groups is 1. The predicted molar refractivity (Wildman–Crippen MR) is 89.2 cm³/mol. The Kier molecular flexibility index (Phi) is 4.72. The number of likely N-dealkylation sites (tertiary alicyclic amines) is 1. The van der Waals surface area contributed by atoms with E-state index in [0.29, 0.717) is 6.54 Å². The number of aryl methyl sites for hydroxylation is 1. The summed E-state index contributed by atoms with van der Waals surface area (Å²) in [4.78, 5) is 18.0. The number of hydrogen-bond donors (Lipinski definition) is 1. The van der Waals surface area contributed by atoms with E-state index in [1.54, 1.807) is 6.20 Å². The molecule has 0 aliphatic carbocycles. The third-order valence-electron chi connectivity index (χ3n) is 4.65. The topological polar surface area (TPSA) is 53.4 Å². The molecule has 2 heterocycles. The van der Waals surface area contributed by atoms with Gasteiger partial charge in [-0.15, -0.1) is 0 Å². The number of benzene rings is 1. The minimum atomic E-state index is -0.690. The van der Waals surface area contributed by atoms with E-state index in [4.69, 9.17) is 0 Å². The molecule has 1 aromatic carbocycles. The van der Waals surface area contributed by atoms with Crippen molar-refractivity contribution in [2.45, 2.75) is 25.8 Å². The van der Waals surface area contributed by atoms with Crippen LogP contribution in [0.15, 0.2) is 48.8 Å². The monoisotopic (exact) mass is 310 g/mol. The summed E-state index contributed by atoms with van der Waals surface area (Å²) < 4.78 is 0. The lowest BCUT2D eigenvalue weighted by Crippen LogP contribution is -2.41. The third kappa shape index (κ3) is 3.42. The smallest absolute Gasteiger partial charge is 0.307 e. The quantitative estimate of drug-likeness (QED) is 0.941. The molecule has 1 aromatic heterocycles. The molecule has 4 heteroatoms. The Morgan fingerprint density at radius 3 is 2.83 bits per heavy atom. The number of carboxylic acids is 1. The van der Waals surface area contributed by atoms with Crippen LogP contribution in [0, 0.1) is 12.8 Å². The van der Waals surface area contributed by atoms with Crippen molar-refractivity contribution in [1.29, 1.82) is 0 Å². The van der Waals surface area contributed by atoms with Gasteiger partial charge in [0.2, 0.25) is 0 Å². The fourth-order valence-electron chi connectivity index (χ4n) is 3.46. The Morgan fingerprint density at radius 2 is 2.13 bits per heavy atom. The first-order valence-electron chi connectivity index (χ1n) is 8.09. The number of aliphatic carboxylic acids is 1. The van der Waals surface area contributed by atoms with Crippen molar-refractivity contribution in [2.24, 2.45) is 5.92 Å². The molecule has 4 nitrogen and oxygen atoms in total. The first-order chi connectivity index (χ1) is 11.2. The van der Waals surface area contributed by atoms with Crippen molar-refractivity contribution in [3.05, 3.63) is 65.5 Å². The summed E-state index contributed by atoms with van der Waals surface area (Å²) in [6, 6.07) is 12.4. The minimum Gasteiger partial charge on any atom is -0.481 e. The van der Waals surface area contributed by atoms with Gasteiger partial charge in [0.15, 0.2) is 0 Å². The van der Waals surface area contributed by atoms with Crippen LogP contribution in [0.2, 0.25) is 0 Å². The fourth-order valence-corrected chi connectivity index (χ4v) is 3.46. The maximum Gasteiger partial charge on any atom is 0.307 e. The second-order valence-corrected chi connectivity index (χ2v) is 6.22. The van der Waals surface area contributed by atoms with Crippen LogP contribution < -0.4 is 0 Å². The Hall–Kier alpha value is -2.20. The van der Waals surface area contributed by atoms with E-state index in [1.807, 2.05) is 24.4 Å². The second kappa shape index (κ2) is 6.92. The lowest BCUT2D eigenvalue weighted by molar-refractivity contribution is -0.143. The maximum atomic E-state index is 11.4. The largest absolute Gasteiger partial charge is 0.481 e. The van der Waals surface area contributed by atoms with Crippen LogP contribution in [-0.2, 0) is 4.79 Å². The summed E-state index contributed by atoms with van der Waals surface area (Å²) >= 11 is 0. The van der Waals surface area contributed by atoms with E-state index < -0.39 is 5.97 Å². The van der Waals surface area contributed by atoms with Gasteiger partial charge in [0.05, 0.1) is 12.0 Å². The van der Waals surface area contributed by atoms with Gasteiger partial charge in [0, 0.05) is 18.9 Å². The molecule has 0 spiro atoms. The van der Waals surface area contributed by atoms with Crippen molar-refractivity contribution in [3.8, 4) is 0 Å². The van der Waals surface area contributed by atoms with Gasteiger partial charge in [0.25, 0.3) is 0 Å². The summed E-state index contributed by atoms with van der Waals surface area (Å²) in [7, 11) is 0. The average molecular weight is 310 g/mol.